The Kier molecular flexibility index (Phi) is 5.03. The molecule has 0 saturated carbocycles. The van der Waals surface area contributed by atoms with Crippen molar-refractivity contribution in [3.8, 4) is 5.75 Å². The molecule has 0 aliphatic carbocycles. The number of methoxy groups -OCH3 is 1. The third kappa shape index (κ3) is 4.18. The summed E-state index contributed by atoms with van der Waals surface area (Å²) in [4.78, 5) is 20.1. The zero-order valence-electron chi connectivity index (χ0n) is 14.8. The molecule has 3 rings (SSSR count). The summed E-state index contributed by atoms with van der Waals surface area (Å²) >= 11 is 0. The van der Waals surface area contributed by atoms with E-state index in [0.717, 1.165) is 33.9 Å². The van der Waals surface area contributed by atoms with Crippen LogP contribution in [0.1, 0.15) is 37.6 Å². The molecule has 0 unspecified atom stereocenters. The first-order valence-corrected chi connectivity index (χ1v) is 8.47. The Morgan fingerprint density at radius 2 is 1.96 bits per heavy atom. The number of nitrogens with zero attached hydrogens (tertiary/aromatic N) is 1. The second-order valence-electron chi connectivity index (χ2n) is 6.40. The van der Waals surface area contributed by atoms with Crippen LogP contribution in [0.15, 0.2) is 42.5 Å². The molecule has 3 aromatic rings. The molecule has 0 aliphatic heterocycles. The van der Waals surface area contributed by atoms with Crippen molar-refractivity contribution in [2.24, 2.45) is 0 Å². The Labute approximate surface area is 147 Å². The number of carbonyl (C=O) groups is 1. The summed E-state index contributed by atoms with van der Waals surface area (Å²) in [5.74, 6) is 2.12. The number of anilines is 1. The van der Waals surface area contributed by atoms with Crippen LogP contribution in [0.4, 0.5) is 5.69 Å². The second-order valence-corrected chi connectivity index (χ2v) is 6.40. The Balaban J connectivity index is 1.60. The number of nitrogens with one attached hydrogen (secondary N) is 2. The number of hydrogen-bond donors (Lipinski definition) is 2. The Morgan fingerprint density at radius 1 is 1.20 bits per heavy atom. The highest BCUT2D eigenvalue weighted by Crippen LogP contribution is 2.19. The fourth-order valence-corrected chi connectivity index (χ4v) is 2.66. The normalized spacial score (nSPS) is 11.0. The van der Waals surface area contributed by atoms with Gasteiger partial charge in [0.25, 0.3) is 0 Å². The number of H-pyrrole nitrogens is 1. The quantitative estimate of drug-likeness (QED) is 0.706. The molecular weight excluding hydrogens is 314 g/mol. The molecule has 25 heavy (non-hydrogen) atoms. The van der Waals surface area contributed by atoms with Crippen molar-refractivity contribution in [1.29, 1.82) is 0 Å². The lowest BCUT2D eigenvalue weighted by molar-refractivity contribution is -0.116. The fourth-order valence-electron chi connectivity index (χ4n) is 2.66. The van der Waals surface area contributed by atoms with Crippen molar-refractivity contribution >= 4 is 22.6 Å². The van der Waals surface area contributed by atoms with Gasteiger partial charge < -0.3 is 15.0 Å². The number of imidazole rings is 1. The third-order valence-electron chi connectivity index (χ3n) is 4.13. The van der Waals surface area contributed by atoms with Gasteiger partial charge in [-0.05, 0) is 48.4 Å². The molecule has 0 saturated heterocycles. The van der Waals surface area contributed by atoms with Crippen LogP contribution < -0.4 is 10.1 Å². The first-order chi connectivity index (χ1) is 12.0. The van der Waals surface area contributed by atoms with E-state index in [1.54, 1.807) is 7.11 Å². The first-order valence-electron chi connectivity index (χ1n) is 8.47. The van der Waals surface area contributed by atoms with E-state index in [0.29, 0.717) is 18.8 Å². The van der Waals surface area contributed by atoms with Gasteiger partial charge in [-0.25, -0.2) is 4.98 Å². The van der Waals surface area contributed by atoms with Gasteiger partial charge in [-0.2, -0.15) is 0 Å². The molecular formula is C20H23N3O2. The summed E-state index contributed by atoms with van der Waals surface area (Å²) in [6.07, 6.45) is 1.12. The number of carbonyl (C=O) groups excluding carboxylic acids is 1. The molecule has 0 fully saturated rings. The standard InChI is InChI=1S/C20H23N3O2/c1-13(2)20-22-17-10-4-14(12-18(17)23-20)5-11-19(24)21-15-6-8-16(25-3)9-7-15/h4,6-10,12-13H,5,11H2,1-3H3,(H,21,24)(H,22,23). The third-order valence-corrected chi connectivity index (χ3v) is 4.13. The summed E-state index contributed by atoms with van der Waals surface area (Å²) < 4.78 is 5.11. The monoisotopic (exact) mass is 337 g/mol. The summed E-state index contributed by atoms with van der Waals surface area (Å²) in [5.41, 5.74) is 3.89. The number of hydrogen-bond acceptors (Lipinski definition) is 3. The van der Waals surface area contributed by atoms with Crippen LogP contribution in [0.25, 0.3) is 11.0 Å². The van der Waals surface area contributed by atoms with Crippen LogP contribution in [0.5, 0.6) is 5.75 Å². The lowest BCUT2D eigenvalue weighted by Crippen LogP contribution is -2.12. The molecule has 0 atom stereocenters. The number of fused-ring (bicyclic) bond motifs is 1. The predicted octanol–water partition coefficient (Wildman–Crippen LogP) is 4.27. The van der Waals surface area contributed by atoms with Crippen molar-refractivity contribution in [1.82, 2.24) is 9.97 Å². The largest absolute Gasteiger partial charge is 0.497 e. The minimum Gasteiger partial charge on any atom is -0.497 e. The number of rotatable bonds is 6. The van der Waals surface area contributed by atoms with Crippen LogP contribution in [-0.2, 0) is 11.2 Å². The van der Waals surface area contributed by atoms with E-state index in [-0.39, 0.29) is 5.91 Å². The first kappa shape index (κ1) is 17.0. The van der Waals surface area contributed by atoms with Gasteiger partial charge in [-0.3, -0.25) is 4.79 Å². The Bertz CT molecular complexity index is 866. The van der Waals surface area contributed by atoms with Gasteiger partial charge >= 0.3 is 0 Å². The zero-order chi connectivity index (χ0) is 17.8. The lowest BCUT2D eigenvalue weighted by Gasteiger charge is -2.06. The van der Waals surface area contributed by atoms with Gasteiger partial charge in [0.05, 0.1) is 18.1 Å². The molecule has 0 radical (unpaired) electrons. The molecule has 2 N–H and O–H groups in total. The maximum atomic E-state index is 12.1. The molecule has 1 amide bonds. The van der Waals surface area contributed by atoms with E-state index in [1.165, 1.54) is 0 Å². The summed E-state index contributed by atoms with van der Waals surface area (Å²) in [5, 5.41) is 2.91. The molecule has 5 nitrogen and oxygen atoms in total. The van der Waals surface area contributed by atoms with Crippen molar-refractivity contribution < 1.29 is 9.53 Å². The van der Waals surface area contributed by atoms with E-state index >= 15 is 0 Å². The van der Waals surface area contributed by atoms with Crippen LogP contribution in [-0.4, -0.2) is 23.0 Å². The van der Waals surface area contributed by atoms with Gasteiger partial charge in [-0.1, -0.05) is 19.9 Å². The average molecular weight is 337 g/mol. The van der Waals surface area contributed by atoms with Gasteiger partial charge in [0.15, 0.2) is 0 Å². The number of ether oxygens (including phenoxy) is 1. The average Bonchev–Trinajstić information content (AvgIpc) is 3.04. The van der Waals surface area contributed by atoms with Gasteiger partial charge in [0, 0.05) is 18.0 Å². The molecule has 0 aliphatic rings. The number of aromatic amines is 1. The summed E-state index contributed by atoms with van der Waals surface area (Å²) in [6, 6.07) is 13.4. The summed E-state index contributed by atoms with van der Waals surface area (Å²) in [6.45, 7) is 4.23. The van der Waals surface area contributed by atoms with Crippen LogP contribution in [0.2, 0.25) is 0 Å². The molecule has 0 spiro atoms. The van der Waals surface area contributed by atoms with Crippen LogP contribution in [0.3, 0.4) is 0 Å². The van der Waals surface area contributed by atoms with E-state index in [9.17, 15) is 4.79 Å². The Morgan fingerprint density at radius 3 is 2.64 bits per heavy atom. The highest BCUT2D eigenvalue weighted by atomic mass is 16.5. The number of aryl methyl sites for hydroxylation is 1. The van der Waals surface area contributed by atoms with Crippen molar-refractivity contribution in [3.05, 3.63) is 53.9 Å². The number of amides is 1. The van der Waals surface area contributed by atoms with E-state index < -0.39 is 0 Å². The highest BCUT2D eigenvalue weighted by molar-refractivity contribution is 5.91. The minimum atomic E-state index is -0.00209. The lowest BCUT2D eigenvalue weighted by atomic mass is 10.1. The van der Waals surface area contributed by atoms with E-state index in [2.05, 4.69) is 35.2 Å². The molecule has 5 heteroatoms. The highest BCUT2D eigenvalue weighted by Gasteiger charge is 2.08. The smallest absolute Gasteiger partial charge is 0.224 e. The van der Waals surface area contributed by atoms with Gasteiger partial charge in [-0.15, -0.1) is 0 Å². The molecule has 130 valence electrons. The topological polar surface area (TPSA) is 67.0 Å². The maximum absolute atomic E-state index is 12.1. The summed E-state index contributed by atoms with van der Waals surface area (Å²) in [7, 11) is 1.62. The van der Waals surface area contributed by atoms with Crippen LogP contribution >= 0.6 is 0 Å². The molecule has 2 aromatic carbocycles. The molecule has 1 aromatic heterocycles. The van der Waals surface area contributed by atoms with Crippen molar-refractivity contribution in [2.75, 3.05) is 12.4 Å². The Hall–Kier alpha value is -2.82. The SMILES string of the molecule is COc1ccc(NC(=O)CCc2ccc3nc(C(C)C)[nH]c3c2)cc1. The second kappa shape index (κ2) is 7.38. The minimum absolute atomic E-state index is 0.00209. The predicted molar refractivity (Wildman–Crippen MR) is 100 cm³/mol. The van der Waals surface area contributed by atoms with Crippen LogP contribution in [0, 0.1) is 0 Å². The number of benzene rings is 2. The number of aromatic nitrogens is 2. The molecule has 0 bridgehead atoms. The van der Waals surface area contributed by atoms with E-state index in [4.69, 9.17) is 4.74 Å². The zero-order valence-corrected chi connectivity index (χ0v) is 14.8. The van der Waals surface area contributed by atoms with Crippen molar-refractivity contribution in [3.63, 3.8) is 0 Å². The maximum Gasteiger partial charge on any atom is 0.224 e. The van der Waals surface area contributed by atoms with Crippen molar-refractivity contribution in [2.45, 2.75) is 32.6 Å². The van der Waals surface area contributed by atoms with Gasteiger partial charge in [0.1, 0.15) is 11.6 Å². The fraction of sp³-hybridized carbons (Fsp3) is 0.300. The molecule has 1 heterocycles. The van der Waals surface area contributed by atoms with Gasteiger partial charge in [0.2, 0.25) is 5.91 Å². The van der Waals surface area contributed by atoms with E-state index in [1.807, 2.05) is 36.4 Å².